The van der Waals surface area contributed by atoms with Crippen LogP contribution in [-0.2, 0) is 6.18 Å². The largest absolute Gasteiger partial charge is 0.496 e. The molecule has 0 radical (unpaired) electrons. The molecule has 136 valence electrons. The van der Waals surface area contributed by atoms with E-state index < -0.39 is 11.7 Å². The summed E-state index contributed by atoms with van der Waals surface area (Å²) in [6, 6.07) is 4.10. The maximum atomic E-state index is 13.0. The van der Waals surface area contributed by atoms with Crippen LogP contribution in [0.25, 0.3) is 0 Å². The molecule has 1 heterocycles. The summed E-state index contributed by atoms with van der Waals surface area (Å²) < 4.78 is 44.2. The Morgan fingerprint density at radius 1 is 1.21 bits per heavy atom. The van der Waals surface area contributed by atoms with Gasteiger partial charge in [-0.1, -0.05) is 12.5 Å². The third kappa shape index (κ3) is 3.98. The third-order valence-corrected chi connectivity index (χ3v) is 5.02. The number of hydrogen-bond acceptors (Lipinski definition) is 3. The van der Waals surface area contributed by atoms with Gasteiger partial charge in [-0.05, 0) is 30.9 Å². The van der Waals surface area contributed by atoms with Crippen molar-refractivity contribution in [2.75, 3.05) is 33.3 Å². The van der Waals surface area contributed by atoms with Crippen molar-refractivity contribution in [1.29, 1.82) is 0 Å². The fourth-order valence-electron chi connectivity index (χ4n) is 3.60. The zero-order valence-corrected chi connectivity index (χ0v) is 14.6. The molecule has 7 heteroatoms. The van der Waals surface area contributed by atoms with Crippen LogP contribution >= 0.6 is 12.4 Å². The Morgan fingerprint density at radius 2 is 1.88 bits per heavy atom. The summed E-state index contributed by atoms with van der Waals surface area (Å²) in [5, 5.41) is 3.33. The number of ether oxygens (including phenoxy) is 1. The molecule has 0 spiro atoms. The molecule has 0 amide bonds. The molecular weight excluding hydrogens is 341 g/mol. The fourth-order valence-corrected chi connectivity index (χ4v) is 3.60. The van der Waals surface area contributed by atoms with Crippen molar-refractivity contribution in [3.05, 3.63) is 29.3 Å². The lowest BCUT2D eigenvalue weighted by atomic mass is 9.76. The van der Waals surface area contributed by atoms with E-state index in [1.54, 1.807) is 6.07 Å². The van der Waals surface area contributed by atoms with Gasteiger partial charge in [0.25, 0.3) is 0 Å². The molecule has 1 saturated carbocycles. The van der Waals surface area contributed by atoms with Crippen molar-refractivity contribution >= 4 is 12.4 Å². The van der Waals surface area contributed by atoms with Crippen LogP contribution in [0.3, 0.4) is 0 Å². The Balaban J connectivity index is 0.00000208. The highest BCUT2D eigenvalue weighted by Gasteiger charge is 2.37. The number of benzene rings is 1. The van der Waals surface area contributed by atoms with Gasteiger partial charge in [-0.2, -0.15) is 13.2 Å². The van der Waals surface area contributed by atoms with Gasteiger partial charge in [-0.15, -0.1) is 12.4 Å². The lowest BCUT2D eigenvalue weighted by Gasteiger charge is -2.43. The van der Waals surface area contributed by atoms with Crippen molar-refractivity contribution < 1.29 is 17.9 Å². The van der Waals surface area contributed by atoms with Crippen LogP contribution in [0, 0.1) is 5.92 Å². The van der Waals surface area contributed by atoms with Gasteiger partial charge in [0, 0.05) is 37.8 Å². The molecule has 2 aliphatic rings. The first kappa shape index (κ1) is 19.3. The Morgan fingerprint density at radius 3 is 2.38 bits per heavy atom. The number of halogens is 4. The lowest BCUT2D eigenvalue weighted by molar-refractivity contribution is -0.137. The Hall–Kier alpha value is -0.980. The van der Waals surface area contributed by atoms with Gasteiger partial charge in [0.05, 0.1) is 12.7 Å². The van der Waals surface area contributed by atoms with Gasteiger partial charge >= 0.3 is 6.18 Å². The second-order valence-electron chi connectivity index (χ2n) is 6.38. The first-order valence-electron chi connectivity index (χ1n) is 8.20. The molecular formula is C17H24ClF3N2O. The first-order valence-corrected chi connectivity index (χ1v) is 8.20. The predicted molar refractivity (Wildman–Crippen MR) is 89.8 cm³/mol. The minimum Gasteiger partial charge on any atom is -0.496 e. The van der Waals surface area contributed by atoms with E-state index in [1.165, 1.54) is 19.6 Å². The van der Waals surface area contributed by atoms with Crippen LogP contribution in [-0.4, -0.2) is 38.2 Å². The number of nitrogens with one attached hydrogen (secondary N) is 1. The van der Waals surface area contributed by atoms with Gasteiger partial charge in [0.15, 0.2) is 0 Å². The number of rotatable bonds is 4. The van der Waals surface area contributed by atoms with E-state index in [0.717, 1.165) is 50.7 Å². The molecule has 24 heavy (non-hydrogen) atoms. The second kappa shape index (κ2) is 7.93. The van der Waals surface area contributed by atoms with Crippen LogP contribution in [0.2, 0.25) is 0 Å². The summed E-state index contributed by atoms with van der Waals surface area (Å²) in [5.41, 5.74) is 0.248. The minimum absolute atomic E-state index is 0. The van der Waals surface area contributed by atoms with Crippen molar-refractivity contribution in [3.63, 3.8) is 0 Å². The highest BCUT2D eigenvalue weighted by atomic mass is 35.5. The second-order valence-corrected chi connectivity index (χ2v) is 6.38. The smallest absolute Gasteiger partial charge is 0.416 e. The lowest BCUT2D eigenvalue weighted by Crippen LogP contribution is -2.47. The summed E-state index contributed by atoms with van der Waals surface area (Å²) in [7, 11) is 1.45. The molecule has 1 N–H and O–H groups in total. The fraction of sp³-hybridized carbons (Fsp3) is 0.647. The molecule has 0 bridgehead atoms. The van der Waals surface area contributed by atoms with Crippen LogP contribution in [0.15, 0.2) is 18.2 Å². The molecule has 1 aliphatic carbocycles. The highest BCUT2D eigenvalue weighted by Crippen LogP contribution is 2.45. The van der Waals surface area contributed by atoms with Crippen molar-refractivity contribution in [2.24, 2.45) is 5.92 Å². The van der Waals surface area contributed by atoms with Crippen LogP contribution in [0.1, 0.15) is 36.4 Å². The van der Waals surface area contributed by atoms with Crippen molar-refractivity contribution in [1.82, 2.24) is 10.2 Å². The molecule has 1 aromatic carbocycles. The van der Waals surface area contributed by atoms with Gasteiger partial charge in [0.2, 0.25) is 0 Å². The van der Waals surface area contributed by atoms with E-state index in [1.807, 2.05) is 0 Å². The maximum absolute atomic E-state index is 13.0. The molecule has 1 aliphatic heterocycles. The summed E-state index contributed by atoms with van der Waals surface area (Å²) in [4.78, 5) is 2.39. The zero-order chi connectivity index (χ0) is 16.4. The molecule has 3 rings (SSSR count). The first-order chi connectivity index (χ1) is 11.0. The van der Waals surface area contributed by atoms with Gasteiger partial charge in [0.1, 0.15) is 5.75 Å². The van der Waals surface area contributed by atoms with Gasteiger partial charge in [-0.3, -0.25) is 4.90 Å². The van der Waals surface area contributed by atoms with Crippen LogP contribution < -0.4 is 10.1 Å². The topological polar surface area (TPSA) is 24.5 Å². The van der Waals surface area contributed by atoms with Crippen LogP contribution in [0.5, 0.6) is 5.75 Å². The maximum Gasteiger partial charge on any atom is 0.416 e. The number of alkyl halides is 3. The van der Waals surface area contributed by atoms with E-state index in [9.17, 15) is 13.2 Å². The minimum atomic E-state index is -4.34. The van der Waals surface area contributed by atoms with E-state index in [-0.39, 0.29) is 18.4 Å². The predicted octanol–water partition coefficient (Wildman–Crippen LogP) is 3.88. The zero-order valence-electron chi connectivity index (χ0n) is 13.7. The van der Waals surface area contributed by atoms with E-state index in [0.29, 0.717) is 11.7 Å². The quantitative estimate of drug-likeness (QED) is 0.877. The molecule has 1 saturated heterocycles. The van der Waals surface area contributed by atoms with Crippen molar-refractivity contribution in [3.8, 4) is 5.75 Å². The molecule has 2 fully saturated rings. The Kier molecular flexibility index (Phi) is 6.39. The van der Waals surface area contributed by atoms with Crippen molar-refractivity contribution in [2.45, 2.75) is 31.5 Å². The Labute approximate surface area is 147 Å². The van der Waals surface area contributed by atoms with E-state index >= 15 is 0 Å². The standard InChI is InChI=1S/C17H23F3N2O.ClH/c1-23-15-11-13(17(18,19)20)5-6-14(15)16(12-3-2-4-12)22-9-7-21-8-10-22;/h5-6,11-12,16,21H,2-4,7-10H2,1H3;1H/t16-;/m1./s1. The van der Waals surface area contributed by atoms with E-state index in [4.69, 9.17) is 4.74 Å². The number of hydrogen-bond donors (Lipinski definition) is 1. The molecule has 3 nitrogen and oxygen atoms in total. The summed E-state index contributed by atoms with van der Waals surface area (Å²) in [5.74, 6) is 0.869. The summed E-state index contributed by atoms with van der Waals surface area (Å²) in [6.07, 6.45) is -0.861. The van der Waals surface area contributed by atoms with Gasteiger partial charge in [-0.25, -0.2) is 0 Å². The molecule has 1 aromatic rings. The number of methoxy groups -OCH3 is 1. The highest BCUT2D eigenvalue weighted by molar-refractivity contribution is 5.85. The average molecular weight is 365 g/mol. The molecule has 0 aromatic heterocycles. The van der Waals surface area contributed by atoms with Gasteiger partial charge < -0.3 is 10.1 Å². The number of piperazine rings is 1. The normalized spacial score (nSPS) is 20.8. The summed E-state index contributed by atoms with van der Waals surface area (Å²) in [6.45, 7) is 3.69. The van der Waals surface area contributed by atoms with Crippen LogP contribution in [0.4, 0.5) is 13.2 Å². The molecule has 0 unspecified atom stereocenters. The van der Waals surface area contributed by atoms with E-state index in [2.05, 4.69) is 10.2 Å². The Bertz CT molecular complexity index is 543. The monoisotopic (exact) mass is 364 g/mol. The summed E-state index contributed by atoms with van der Waals surface area (Å²) >= 11 is 0. The SMILES string of the molecule is COc1cc(C(F)(F)F)ccc1[C@@H](C1CCC1)N1CCNCC1.Cl. The third-order valence-electron chi connectivity index (χ3n) is 5.02. The molecule has 1 atom stereocenters. The number of nitrogens with zero attached hydrogens (tertiary/aromatic N) is 1. The average Bonchev–Trinajstić information content (AvgIpc) is 2.50.